The Bertz CT molecular complexity index is 275. The number of carbonyl (C=O) groups excluding carboxylic acids is 1. The third kappa shape index (κ3) is 1.89. The molecular weight excluding hydrogens is 257 g/mol. The average Bonchev–Trinajstić information content (AvgIpc) is 2.04. The number of rotatable bonds is 2. The molecule has 3 nitrogen and oxygen atoms in total. The predicted molar refractivity (Wildman–Crippen MR) is 48.9 cm³/mol. The fourth-order valence-corrected chi connectivity index (χ4v) is 1.17. The van der Waals surface area contributed by atoms with Crippen LogP contribution in [0, 0.1) is 3.70 Å². The monoisotopic (exact) mass is 263 g/mol. The molecule has 0 saturated carbocycles. The van der Waals surface area contributed by atoms with Crippen LogP contribution < -0.4 is 4.74 Å². The maximum atomic E-state index is 10.3. The van der Waals surface area contributed by atoms with Crippen LogP contribution in [0.25, 0.3) is 0 Å². The van der Waals surface area contributed by atoms with Crippen molar-refractivity contribution >= 4 is 28.9 Å². The van der Waals surface area contributed by atoms with E-state index in [1.807, 2.05) is 22.6 Å². The zero-order valence-electron chi connectivity index (χ0n) is 5.87. The number of carbonyl (C=O) groups is 1. The average molecular weight is 263 g/mol. The van der Waals surface area contributed by atoms with Crippen molar-refractivity contribution in [1.29, 1.82) is 0 Å². The van der Waals surface area contributed by atoms with E-state index in [1.165, 1.54) is 0 Å². The van der Waals surface area contributed by atoms with Gasteiger partial charge in [0.15, 0.2) is 6.29 Å². The zero-order valence-corrected chi connectivity index (χ0v) is 8.03. The van der Waals surface area contributed by atoms with Crippen LogP contribution in [0.1, 0.15) is 10.4 Å². The molecule has 0 saturated heterocycles. The lowest BCUT2D eigenvalue weighted by Gasteiger charge is -1.99. The van der Waals surface area contributed by atoms with E-state index in [2.05, 4.69) is 4.98 Å². The number of nitrogens with zero attached hydrogens (tertiary/aromatic N) is 1. The van der Waals surface area contributed by atoms with Crippen LogP contribution in [0.2, 0.25) is 0 Å². The van der Waals surface area contributed by atoms with Gasteiger partial charge in [-0.2, -0.15) is 0 Å². The Kier molecular flexibility index (Phi) is 2.81. The lowest BCUT2D eigenvalue weighted by molar-refractivity contribution is 0.112. The number of hydrogen-bond donors (Lipinski definition) is 0. The minimum atomic E-state index is 0.528. The van der Waals surface area contributed by atoms with E-state index in [4.69, 9.17) is 4.74 Å². The molecule has 0 N–H and O–H groups in total. The highest BCUT2D eigenvalue weighted by molar-refractivity contribution is 14.1. The molecule has 0 radical (unpaired) electrons. The smallest absolute Gasteiger partial charge is 0.213 e. The van der Waals surface area contributed by atoms with Gasteiger partial charge in [-0.15, -0.1) is 0 Å². The van der Waals surface area contributed by atoms with E-state index in [9.17, 15) is 4.79 Å². The minimum Gasteiger partial charge on any atom is -0.481 e. The molecule has 11 heavy (non-hydrogen) atoms. The number of ether oxygens (including phenoxy) is 1. The number of pyridine rings is 1. The van der Waals surface area contributed by atoms with Crippen molar-refractivity contribution in [2.45, 2.75) is 0 Å². The molecule has 0 bridgehead atoms. The highest BCUT2D eigenvalue weighted by Crippen LogP contribution is 2.12. The number of hydrogen-bond acceptors (Lipinski definition) is 3. The fourth-order valence-electron chi connectivity index (χ4n) is 0.630. The van der Waals surface area contributed by atoms with E-state index in [1.54, 1.807) is 19.2 Å². The van der Waals surface area contributed by atoms with Gasteiger partial charge < -0.3 is 4.74 Å². The van der Waals surface area contributed by atoms with Gasteiger partial charge in [0.1, 0.15) is 3.70 Å². The van der Waals surface area contributed by atoms with Crippen molar-refractivity contribution in [2.24, 2.45) is 0 Å². The third-order valence-electron chi connectivity index (χ3n) is 1.19. The Labute approximate surface area is 77.9 Å². The van der Waals surface area contributed by atoms with Gasteiger partial charge in [0.05, 0.1) is 7.11 Å². The SMILES string of the molecule is COc1ccc(C=O)c(I)n1. The first-order valence-corrected chi connectivity index (χ1v) is 4.01. The van der Waals surface area contributed by atoms with Crippen molar-refractivity contribution in [3.63, 3.8) is 0 Å². The molecule has 4 heteroatoms. The summed E-state index contributed by atoms with van der Waals surface area (Å²) >= 11 is 1.99. The summed E-state index contributed by atoms with van der Waals surface area (Å²) in [6, 6.07) is 3.34. The Balaban J connectivity index is 3.09. The number of aldehydes is 1. The number of methoxy groups -OCH3 is 1. The Morgan fingerprint density at radius 3 is 2.82 bits per heavy atom. The van der Waals surface area contributed by atoms with Gasteiger partial charge in [-0.3, -0.25) is 4.79 Å². The molecule has 58 valence electrons. The lowest BCUT2D eigenvalue weighted by Crippen LogP contribution is -1.93. The summed E-state index contributed by atoms with van der Waals surface area (Å²) < 4.78 is 5.53. The Hall–Kier alpha value is -0.650. The van der Waals surface area contributed by atoms with Crippen LogP contribution in [0.5, 0.6) is 5.88 Å². The van der Waals surface area contributed by atoms with Crippen molar-refractivity contribution in [1.82, 2.24) is 4.98 Å². The van der Waals surface area contributed by atoms with E-state index in [-0.39, 0.29) is 0 Å². The van der Waals surface area contributed by atoms with Crippen molar-refractivity contribution in [3.8, 4) is 5.88 Å². The second kappa shape index (κ2) is 3.66. The Morgan fingerprint density at radius 1 is 1.64 bits per heavy atom. The van der Waals surface area contributed by atoms with Crippen molar-refractivity contribution < 1.29 is 9.53 Å². The molecule has 0 spiro atoms. The van der Waals surface area contributed by atoms with Gasteiger partial charge in [0, 0.05) is 11.6 Å². The summed E-state index contributed by atoms with van der Waals surface area (Å²) in [5.74, 6) is 0.528. The van der Waals surface area contributed by atoms with Crippen LogP contribution in [-0.4, -0.2) is 18.4 Å². The molecular formula is C7H6INO2. The van der Waals surface area contributed by atoms with Gasteiger partial charge in [-0.05, 0) is 28.7 Å². The van der Waals surface area contributed by atoms with Crippen LogP contribution in [0.4, 0.5) is 0 Å². The second-order valence-electron chi connectivity index (χ2n) is 1.85. The molecule has 0 aliphatic rings. The fraction of sp³-hybridized carbons (Fsp3) is 0.143. The summed E-state index contributed by atoms with van der Waals surface area (Å²) in [5, 5.41) is 0. The Morgan fingerprint density at radius 2 is 2.36 bits per heavy atom. The van der Waals surface area contributed by atoms with Gasteiger partial charge in [-0.1, -0.05) is 0 Å². The second-order valence-corrected chi connectivity index (χ2v) is 2.87. The first-order valence-electron chi connectivity index (χ1n) is 2.93. The van der Waals surface area contributed by atoms with Crippen LogP contribution in [0.15, 0.2) is 12.1 Å². The molecule has 0 fully saturated rings. The molecule has 0 aliphatic carbocycles. The van der Waals surface area contributed by atoms with Gasteiger partial charge in [0.2, 0.25) is 5.88 Å². The molecule has 1 heterocycles. The van der Waals surface area contributed by atoms with E-state index in [0.29, 0.717) is 15.1 Å². The molecule has 1 aromatic rings. The van der Waals surface area contributed by atoms with E-state index in [0.717, 1.165) is 6.29 Å². The number of aromatic nitrogens is 1. The van der Waals surface area contributed by atoms with Gasteiger partial charge >= 0.3 is 0 Å². The normalized spacial score (nSPS) is 9.27. The first-order chi connectivity index (χ1) is 5.27. The molecule has 1 rings (SSSR count). The van der Waals surface area contributed by atoms with Gasteiger partial charge in [-0.25, -0.2) is 4.98 Å². The molecule has 0 atom stereocenters. The molecule has 0 unspecified atom stereocenters. The maximum Gasteiger partial charge on any atom is 0.213 e. The predicted octanol–water partition coefficient (Wildman–Crippen LogP) is 1.51. The standard InChI is InChI=1S/C7H6INO2/c1-11-6-3-2-5(4-10)7(8)9-6/h2-4H,1H3. The summed E-state index contributed by atoms with van der Waals surface area (Å²) in [5.41, 5.74) is 0.589. The van der Waals surface area contributed by atoms with Crippen molar-refractivity contribution in [3.05, 3.63) is 21.4 Å². The maximum absolute atomic E-state index is 10.3. The summed E-state index contributed by atoms with van der Waals surface area (Å²) in [6.45, 7) is 0. The van der Waals surface area contributed by atoms with Crippen LogP contribution in [-0.2, 0) is 0 Å². The lowest BCUT2D eigenvalue weighted by atomic mass is 10.3. The van der Waals surface area contributed by atoms with E-state index >= 15 is 0 Å². The highest BCUT2D eigenvalue weighted by Gasteiger charge is 2.00. The largest absolute Gasteiger partial charge is 0.481 e. The van der Waals surface area contributed by atoms with Crippen LogP contribution >= 0.6 is 22.6 Å². The first kappa shape index (κ1) is 8.45. The highest BCUT2D eigenvalue weighted by atomic mass is 127. The van der Waals surface area contributed by atoms with Crippen molar-refractivity contribution in [2.75, 3.05) is 7.11 Å². The van der Waals surface area contributed by atoms with Crippen LogP contribution in [0.3, 0.4) is 0 Å². The topological polar surface area (TPSA) is 39.2 Å². The summed E-state index contributed by atoms with van der Waals surface area (Å²) in [7, 11) is 1.54. The zero-order chi connectivity index (χ0) is 8.27. The molecule has 1 aromatic heterocycles. The molecule has 0 aliphatic heterocycles. The summed E-state index contributed by atoms with van der Waals surface area (Å²) in [4.78, 5) is 14.3. The number of halogens is 1. The quantitative estimate of drug-likeness (QED) is 0.461. The summed E-state index contributed by atoms with van der Waals surface area (Å²) in [6.07, 6.45) is 0.772. The molecule has 0 aromatic carbocycles. The third-order valence-corrected chi connectivity index (χ3v) is 2.05. The van der Waals surface area contributed by atoms with Gasteiger partial charge in [0.25, 0.3) is 0 Å². The minimum absolute atomic E-state index is 0.528. The van der Waals surface area contributed by atoms with E-state index < -0.39 is 0 Å². The molecule has 0 amide bonds.